The molecule has 1 fully saturated rings. The summed E-state index contributed by atoms with van der Waals surface area (Å²) in [6, 6.07) is 6.06. The molecule has 1 aromatic rings. The minimum absolute atomic E-state index is 0.0187. The van der Waals surface area contributed by atoms with Gasteiger partial charge in [-0.3, -0.25) is 9.59 Å². The highest BCUT2D eigenvalue weighted by molar-refractivity contribution is 5.79. The molecule has 1 saturated heterocycles. The summed E-state index contributed by atoms with van der Waals surface area (Å²) in [5.41, 5.74) is 0.826. The number of rotatable bonds is 5. The van der Waals surface area contributed by atoms with Crippen molar-refractivity contribution in [1.82, 2.24) is 10.2 Å². The summed E-state index contributed by atoms with van der Waals surface area (Å²) in [4.78, 5) is 25.9. The van der Waals surface area contributed by atoms with E-state index in [1.54, 1.807) is 12.1 Å². The van der Waals surface area contributed by atoms with E-state index < -0.39 is 0 Å². The molecule has 126 valence electrons. The Labute approximate surface area is 137 Å². The average molecular weight is 320 g/mol. The van der Waals surface area contributed by atoms with E-state index in [1.807, 2.05) is 18.7 Å². The third-order valence-electron chi connectivity index (χ3n) is 4.23. The lowest BCUT2D eigenvalue weighted by Gasteiger charge is -2.33. The molecule has 2 rings (SSSR count). The van der Waals surface area contributed by atoms with Gasteiger partial charge in [0.25, 0.3) is 0 Å². The number of benzene rings is 1. The van der Waals surface area contributed by atoms with E-state index in [9.17, 15) is 14.0 Å². The standard InChI is InChI=1S/C18H25FN2O2/c1-13(2)18(23)20-11-15-4-3-9-21(12-15)17(22)10-14-5-7-16(19)8-6-14/h5-8,13,15H,3-4,9-12H2,1-2H3,(H,20,23)/t15-/m0/s1. The molecule has 0 aromatic heterocycles. The van der Waals surface area contributed by atoms with E-state index in [-0.39, 0.29) is 23.5 Å². The highest BCUT2D eigenvalue weighted by atomic mass is 19.1. The fraction of sp³-hybridized carbons (Fsp3) is 0.556. The fourth-order valence-corrected chi connectivity index (χ4v) is 2.80. The largest absolute Gasteiger partial charge is 0.356 e. The van der Waals surface area contributed by atoms with Crippen LogP contribution >= 0.6 is 0 Å². The van der Waals surface area contributed by atoms with E-state index in [1.165, 1.54) is 12.1 Å². The summed E-state index contributed by atoms with van der Waals surface area (Å²) < 4.78 is 12.9. The number of likely N-dealkylation sites (tertiary alicyclic amines) is 1. The maximum atomic E-state index is 12.9. The average Bonchev–Trinajstić information content (AvgIpc) is 2.54. The maximum absolute atomic E-state index is 12.9. The van der Waals surface area contributed by atoms with Gasteiger partial charge in [0.2, 0.25) is 11.8 Å². The number of hydrogen-bond donors (Lipinski definition) is 1. The molecule has 1 aliphatic rings. The van der Waals surface area contributed by atoms with Crippen LogP contribution in [0.4, 0.5) is 4.39 Å². The molecule has 0 radical (unpaired) electrons. The van der Waals surface area contributed by atoms with Gasteiger partial charge in [0, 0.05) is 25.6 Å². The van der Waals surface area contributed by atoms with Crippen LogP contribution in [0.5, 0.6) is 0 Å². The van der Waals surface area contributed by atoms with Crippen molar-refractivity contribution in [2.24, 2.45) is 11.8 Å². The van der Waals surface area contributed by atoms with Crippen LogP contribution in [0.1, 0.15) is 32.3 Å². The van der Waals surface area contributed by atoms with Gasteiger partial charge in [-0.25, -0.2) is 4.39 Å². The summed E-state index contributed by atoms with van der Waals surface area (Å²) in [6.45, 7) is 5.80. The number of halogens is 1. The van der Waals surface area contributed by atoms with E-state index in [0.717, 1.165) is 24.9 Å². The van der Waals surface area contributed by atoms with Crippen molar-refractivity contribution in [1.29, 1.82) is 0 Å². The zero-order chi connectivity index (χ0) is 16.8. The maximum Gasteiger partial charge on any atom is 0.226 e. The molecule has 0 aliphatic carbocycles. The molecule has 1 N–H and O–H groups in total. The van der Waals surface area contributed by atoms with E-state index in [2.05, 4.69) is 5.32 Å². The summed E-state index contributed by atoms with van der Waals surface area (Å²) in [7, 11) is 0. The normalized spacial score (nSPS) is 18.1. The Morgan fingerprint density at radius 3 is 2.65 bits per heavy atom. The highest BCUT2D eigenvalue weighted by Crippen LogP contribution is 2.17. The van der Waals surface area contributed by atoms with Crippen molar-refractivity contribution in [3.05, 3.63) is 35.6 Å². The zero-order valence-corrected chi connectivity index (χ0v) is 13.8. The Balaban J connectivity index is 1.83. The lowest BCUT2D eigenvalue weighted by atomic mass is 9.97. The van der Waals surface area contributed by atoms with Crippen molar-refractivity contribution in [2.45, 2.75) is 33.1 Å². The lowest BCUT2D eigenvalue weighted by molar-refractivity contribution is -0.132. The number of nitrogens with one attached hydrogen (secondary N) is 1. The first-order chi connectivity index (χ1) is 11.0. The van der Waals surface area contributed by atoms with Gasteiger partial charge in [0.15, 0.2) is 0 Å². The summed E-state index contributed by atoms with van der Waals surface area (Å²) in [5.74, 6) is 0.120. The van der Waals surface area contributed by atoms with Crippen LogP contribution in [-0.2, 0) is 16.0 Å². The second kappa shape index (κ2) is 8.09. The van der Waals surface area contributed by atoms with Gasteiger partial charge >= 0.3 is 0 Å². The predicted octanol–water partition coefficient (Wildman–Crippen LogP) is 2.38. The fourth-order valence-electron chi connectivity index (χ4n) is 2.80. The SMILES string of the molecule is CC(C)C(=O)NC[C@@H]1CCCN(C(=O)Cc2ccc(F)cc2)C1. The third-order valence-corrected chi connectivity index (χ3v) is 4.23. The number of amides is 2. The molecule has 4 nitrogen and oxygen atoms in total. The first kappa shape index (κ1) is 17.4. The molecular formula is C18H25FN2O2. The highest BCUT2D eigenvalue weighted by Gasteiger charge is 2.24. The van der Waals surface area contributed by atoms with Crippen LogP contribution in [0, 0.1) is 17.7 Å². The molecule has 0 unspecified atom stereocenters. The Bertz CT molecular complexity index is 542. The van der Waals surface area contributed by atoms with Gasteiger partial charge < -0.3 is 10.2 Å². The van der Waals surface area contributed by atoms with Gasteiger partial charge in [0.05, 0.1) is 6.42 Å². The van der Waals surface area contributed by atoms with Gasteiger partial charge in [-0.05, 0) is 36.5 Å². The Morgan fingerprint density at radius 2 is 2.00 bits per heavy atom. The van der Waals surface area contributed by atoms with Crippen LogP contribution in [0.3, 0.4) is 0 Å². The quantitative estimate of drug-likeness (QED) is 0.905. The molecule has 0 bridgehead atoms. The predicted molar refractivity (Wildman–Crippen MR) is 87.3 cm³/mol. The van der Waals surface area contributed by atoms with Crippen LogP contribution in [0.25, 0.3) is 0 Å². The second-order valence-electron chi connectivity index (χ2n) is 6.55. The van der Waals surface area contributed by atoms with Gasteiger partial charge in [-0.2, -0.15) is 0 Å². The van der Waals surface area contributed by atoms with Crippen LogP contribution in [0.15, 0.2) is 24.3 Å². The molecule has 0 saturated carbocycles. The third kappa shape index (κ3) is 5.34. The Hall–Kier alpha value is -1.91. The van der Waals surface area contributed by atoms with Gasteiger partial charge in [0.1, 0.15) is 5.82 Å². The molecule has 2 amide bonds. The molecule has 1 heterocycles. The number of piperidine rings is 1. The molecule has 0 spiro atoms. The van der Waals surface area contributed by atoms with Crippen molar-refractivity contribution >= 4 is 11.8 Å². The summed E-state index contributed by atoms with van der Waals surface area (Å²) >= 11 is 0. The van der Waals surface area contributed by atoms with Crippen molar-refractivity contribution in [2.75, 3.05) is 19.6 Å². The van der Waals surface area contributed by atoms with Crippen molar-refractivity contribution in [3.8, 4) is 0 Å². The van der Waals surface area contributed by atoms with E-state index >= 15 is 0 Å². The molecular weight excluding hydrogens is 295 g/mol. The zero-order valence-electron chi connectivity index (χ0n) is 13.8. The minimum Gasteiger partial charge on any atom is -0.356 e. The van der Waals surface area contributed by atoms with Gasteiger partial charge in [-0.1, -0.05) is 26.0 Å². The van der Waals surface area contributed by atoms with Crippen LogP contribution in [0.2, 0.25) is 0 Å². The number of carbonyl (C=O) groups excluding carboxylic acids is 2. The smallest absolute Gasteiger partial charge is 0.226 e. The molecule has 1 aliphatic heterocycles. The molecule has 1 atom stereocenters. The van der Waals surface area contributed by atoms with Crippen molar-refractivity contribution < 1.29 is 14.0 Å². The summed E-state index contributed by atoms with van der Waals surface area (Å²) in [6.07, 6.45) is 2.28. The Kier molecular flexibility index (Phi) is 6.13. The second-order valence-corrected chi connectivity index (χ2v) is 6.55. The number of hydrogen-bond acceptors (Lipinski definition) is 2. The number of nitrogens with zero attached hydrogens (tertiary/aromatic N) is 1. The first-order valence-electron chi connectivity index (χ1n) is 8.25. The topological polar surface area (TPSA) is 49.4 Å². The van der Waals surface area contributed by atoms with Crippen LogP contribution < -0.4 is 5.32 Å². The minimum atomic E-state index is -0.292. The van der Waals surface area contributed by atoms with E-state index in [4.69, 9.17) is 0 Å². The molecule has 23 heavy (non-hydrogen) atoms. The van der Waals surface area contributed by atoms with Crippen LogP contribution in [-0.4, -0.2) is 36.3 Å². The molecule has 5 heteroatoms. The van der Waals surface area contributed by atoms with E-state index in [0.29, 0.717) is 25.4 Å². The number of carbonyl (C=O) groups is 2. The first-order valence-corrected chi connectivity index (χ1v) is 8.25. The molecule has 1 aromatic carbocycles. The lowest BCUT2D eigenvalue weighted by Crippen LogP contribution is -2.44. The van der Waals surface area contributed by atoms with Gasteiger partial charge in [-0.15, -0.1) is 0 Å². The summed E-state index contributed by atoms with van der Waals surface area (Å²) in [5, 5.41) is 2.95. The Morgan fingerprint density at radius 1 is 1.30 bits per heavy atom. The van der Waals surface area contributed by atoms with Crippen molar-refractivity contribution in [3.63, 3.8) is 0 Å². The monoisotopic (exact) mass is 320 g/mol.